The maximum atomic E-state index is 14.4. The fourth-order valence-electron chi connectivity index (χ4n) is 4.33. The summed E-state index contributed by atoms with van der Waals surface area (Å²) < 4.78 is 67.1. The largest absolute Gasteiger partial charge is 0.466 e. The molecule has 11 heteroatoms. The first-order chi connectivity index (χ1) is 17.4. The van der Waals surface area contributed by atoms with Crippen molar-refractivity contribution in [2.24, 2.45) is 0 Å². The number of anilines is 1. The quantitative estimate of drug-likeness (QED) is 0.290. The molecule has 1 aromatic heterocycles. The monoisotopic (exact) mass is 536 g/mol. The van der Waals surface area contributed by atoms with Crippen LogP contribution in [0.15, 0.2) is 48.7 Å². The second-order valence-electron chi connectivity index (χ2n) is 8.56. The molecule has 2 unspecified atom stereocenters. The highest BCUT2D eigenvalue weighted by molar-refractivity contribution is 6.31. The first kappa shape index (κ1) is 26.4. The molecule has 3 aromatic rings. The van der Waals surface area contributed by atoms with E-state index >= 15 is 0 Å². The minimum Gasteiger partial charge on any atom is -0.466 e. The second kappa shape index (κ2) is 10.0. The summed E-state index contributed by atoms with van der Waals surface area (Å²) in [6.45, 7) is 1.15. The molecule has 0 saturated carbocycles. The maximum Gasteiger partial charge on any atom is 0.396 e. The lowest BCUT2D eigenvalue weighted by molar-refractivity contribution is -0.154. The predicted octanol–water partition coefficient (Wildman–Crippen LogP) is 6.13. The Morgan fingerprint density at radius 3 is 2.46 bits per heavy atom. The summed E-state index contributed by atoms with van der Waals surface area (Å²) in [5.74, 6) is -5.09. The molecular formula is C26H21ClF4N2O4. The molecule has 0 bridgehead atoms. The molecule has 2 aromatic carbocycles. The Balaban J connectivity index is 1.69. The molecule has 1 aliphatic heterocycles. The first-order valence-corrected chi connectivity index (χ1v) is 11.4. The molecule has 1 amide bonds. The molecule has 2 atom stereocenters. The standard InChI is InChI=1S/C26H21ClF4N2O4/c1-13(23(26(29,30)31)16-10-21-24(32-11-16)37-12-22(34)33(21)2)17-6-4-14(8-19(17)27)15-5-7-18(20(28)9-15)25(35)36-3/h4-11,13,23H,12H2,1-3H3. The van der Waals surface area contributed by atoms with Gasteiger partial charge in [-0.3, -0.25) is 4.79 Å². The minimum atomic E-state index is -4.66. The number of carbonyl (C=O) groups is 2. The summed E-state index contributed by atoms with van der Waals surface area (Å²) in [7, 11) is 2.58. The van der Waals surface area contributed by atoms with E-state index < -0.39 is 35.7 Å². The van der Waals surface area contributed by atoms with Crippen LogP contribution in [0.3, 0.4) is 0 Å². The molecule has 4 rings (SSSR count). The minimum absolute atomic E-state index is 0.0539. The van der Waals surface area contributed by atoms with Gasteiger partial charge in [0.1, 0.15) is 11.5 Å². The van der Waals surface area contributed by atoms with E-state index in [1.54, 1.807) is 0 Å². The third kappa shape index (κ3) is 5.11. The third-order valence-corrected chi connectivity index (χ3v) is 6.66. The number of ether oxygens (including phenoxy) is 2. The van der Waals surface area contributed by atoms with Gasteiger partial charge in [-0.05, 0) is 52.4 Å². The molecule has 2 heterocycles. The van der Waals surface area contributed by atoms with Gasteiger partial charge < -0.3 is 14.4 Å². The molecule has 0 spiro atoms. The lowest BCUT2D eigenvalue weighted by Gasteiger charge is -2.30. The van der Waals surface area contributed by atoms with Gasteiger partial charge in [-0.25, -0.2) is 14.2 Å². The summed E-state index contributed by atoms with van der Waals surface area (Å²) >= 11 is 6.43. The van der Waals surface area contributed by atoms with Gasteiger partial charge in [0.15, 0.2) is 6.61 Å². The van der Waals surface area contributed by atoms with Gasteiger partial charge in [-0.15, -0.1) is 0 Å². The number of halogens is 5. The molecule has 1 aliphatic rings. The molecule has 0 saturated heterocycles. The van der Waals surface area contributed by atoms with Crippen LogP contribution < -0.4 is 9.64 Å². The van der Waals surface area contributed by atoms with Crippen molar-refractivity contribution in [2.75, 3.05) is 25.7 Å². The van der Waals surface area contributed by atoms with Crippen LogP contribution in [-0.4, -0.2) is 43.8 Å². The number of fused-ring (bicyclic) bond motifs is 1. The summed E-state index contributed by atoms with van der Waals surface area (Å²) in [6, 6.07) is 9.55. The summed E-state index contributed by atoms with van der Waals surface area (Å²) in [6.07, 6.45) is -3.58. The van der Waals surface area contributed by atoms with Crippen molar-refractivity contribution >= 4 is 29.2 Å². The number of rotatable bonds is 5. The number of pyridine rings is 1. The number of hydrogen-bond acceptors (Lipinski definition) is 5. The van der Waals surface area contributed by atoms with E-state index in [-0.39, 0.29) is 39.9 Å². The Kier molecular flexibility index (Phi) is 7.14. The van der Waals surface area contributed by atoms with E-state index in [1.807, 2.05) is 0 Å². The molecule has 37 heavy (non-hydrogen) atoms. The number of likely N-dealkylation sites (N-methyl/N-ethyl adjacent to an activating group) is 1. The highest BCUT2D eigenvalue weighted by Gasteiger charge is 2.46. The highest BCUT2D eigenvalue weighted by Crippen LogP contribution is 2.48. The first-order valence-electron chi connectivity index (χ1n) is 11.1. The maximum absolute atomic E-state index is 14.4. The molecule has 0 N–H and O–H groups in total. The van der Waals surface area contributed by atoms with Crippen molar-refractivity contribution in [3.63, 3.8) is 0 Å². The molecule has 194 valence electrons. The second-order valence-corrected chi connectivity index (χ2v) is 8.97. The number of hydrogen-bond donors (Lipinski definition) is 0. The van der Waals surface area contributed by atoms with Crippen LogP contribution in [0.25, 0.3) is 11.1 Å². The number of carbonyl (C=O) groups excluding carboxylic acids is 2. The molecular weight excluding hydrogens is 516 g/mol. The van der Waals surface area contributed by atoms with Crippen molar-refractivity contribution in [3.8, 4) is 17.0 Å². The number of esters is 1. The molecule has 0 aliphatic carbocycles. The zero-order valence-corrected chi connectivity index (χ0v) is 20.7. The van der Waals surface area contributed by atoms with Gasteiger partial charge in [-0.1, -0.05) is 36.7 Å². The van der Waals surface area contributed by atoms with E-state index in [2.05, 4.69) is 9.72 Å². The topological polar surface area (TPSA) is 68.7 Å². The Bertz CT molecular complexity index is 1380. The van der Waals surface area contributed by atoms with Gasteiger partial charge in [0.25, 0.3) is 5.91 Å². The normalized spacial score (nSPS) is 15.0. The summed E-state index contributed by atoms with van der Waals surface area (Å²) in [5.41, 5.74) is 0.807. The van der Waals surface area contributed by atoms with Gasteiger partial charge in [0, 0.05) is 18.3 Å². The third-order valence-electron chi connectivity index (χ3n) is 6.33. The van der Waals surface area contributed by atoms with Crippen LogP contribution in [-0.2, 0) is 9.53 Å². The number of nitrogens with zero attached hydrogens (tertiary/aromatic N) is 2. The zero-order valence-electron chi connectivity index (χ0n) is 19.9. The Morgan fingerprint density at radius 1 is 1.16 bits per heavy atom. The van der Waals surface area contributed by atoms with E-state index in [0.717, 1.165) is 19.4 Å². The van der Waals surface area contributed by atoms with Gasteiger partial charge >= 0.3 is 12.1 Å². The highest BCUT2D eigenvalue weighted by atomic mass is 35.5. The lowest BCUT2D eigenvalue weighted by Crippen LogP contribution is -2.36. The number of benzene rings is 2. The van der Waals surface area contributed by atoms with Crippen LogP contribution in [0, 0.1) is 5.82 Å². The van der Waals surface area contributed by atoms with E-state index in [1.165, 1.54) is 55.3 Å². The van der Waals surface area contributed by atoms with Crippen LogP contribution in [0.2, 0.25) is 5.02 Å². The van der Waals surface area contributed by atoms with Crippen LogP contribution >= 0.6 is 11.6 Å². The average Bonchev–Trinajstić information content (AvgIpc) is 2.85. The van der Waals surface area contributed by atoms with Crippen LogP contribution in [0.5, 0.6) is 5.88 Å². The number of alkyl halides is 3. The smallest absolute Gasteiger partial charge is 0.396 e. The lowest BCUT2D eigenvalue weighted by atomic mass is 9.82. The van der Waals surface area contributed by atoms with Crippen molar-refractivity contribution < 1.29 is 36.6 Å². The zero-order chi connectivity index (χ0) is 27.1. The average molecular weight is 537 g/mol. The van der Waals surface area contributed by atoms with Crippen LogP contribution in [0.1, 0.15) is 40.2 Å². The van der Waals surface area contributed by atoms with Crippen LogP contribution in [0.4, 0.5) is 23.2 Å². The SMILES string of the molecule is COC(=O)c1ccc(-c2ccc(C(C)C(c3cnc4c(c3)N(C)C(=O)CO4)C(F)(F)F)c(Cl)c2)cc1F. The van der Waals surface area contributed by atoms with E-state index in [9.17, 15) is 27.2 Å². The van der Waals surface area contributed by atoms with Crippen molar-refractivity contribution in [1.82, 2.24) is 4.98 Å². The fraction of sp³-hybridized carbons (Fsp3) is 0.269. The molecule has 0 fully saturated rings. The summed E-state index contributed by atoms with van der Waals surface area (Å²) in [5, 5.41) is 0.0539. The van der Waals surface area contributed by atoms with Gasteiger partial charge in [0.2, 0.25) is 5.88 Å². The van der Waals surface area contributed by atoms with Gasteiger partial charge in [-0.2, -0.15) is 13.2 Å². The molecule has 6 nitrogen and oxygen atoms in total. The molecule has 0 radical (unpaired) electrons. The number of aromatic nitrogens is 1. The Hall–Kier alpha value is -3.66. The van der Waals surface area contributed by atoms with Crippen molar-refractivity contribution in [2.45, 2.75) is 24.9 Å². The Morgan fingerprint density at radius 2 is 1.84 bits per heavy atom. The van der Waals surface area contributed by atoms with Crippen molar-refractivity contribution in [3.05, 3.63) is 76.2 Å². The fourth-order valence-corrected chi connectivity index (χ4v) is 4.68. The van der Waals surface area contributed by atoms with E-state index in [0.29, 0.717) is 11.1 Å². The van der Waals surface area contributed by atoms with Gasteiger partial charge in [0.05, 0.1) is 18.6 Å². The summed E-state index contributed by atoms with van der Waals surface area (Å²) in [4.78, 5) is 28.8. The predicted molar refractivity (Wildman–Crippen MR) is 129 cm³/mol. The number of amides is 1. The Labute approximate surface area is 214 Å². The van der Waals surface area contributed by atoms with E-state index in [4.69, 9.17) is 16.3 Å². The number of methoxy groups -OCH3 is 1. The van der Waals surface area contributed by atoms with Crippen molar-refractivity contribution in [1.29, 1.82) is 0 Å².